The highest BCUT2D eigenvalue weighted by Gasteiger charge is 2.44. The molecule has 4 nitrogen and oxygen atoms in total. The molecule has 26 heavy (non-hydrogen) atoms. The fourth-order valence-corrected chi connectivity index (χ4v) is 3.71. The Bertz CT molecular complexity index is 592. The van der Waals surface area contributed by atoms with Crippen molar-refractivity contribution in [1.82, 2.24) is 10.2 Å². The van der Waals surface area contributed by atoms with E-state index in [1.165, 1.54) is 24.8 Å². The van der Waals surface area contributed by atoms with Crippen LogP contribution in [0, 0.1) is 11.7 Å². The average Bonchev–Trinajstić information content (AvgIpc) is 3.45. The number of nitrogens with one attached hydrogen (secondary N) is 1. The van der Waals surface area contributed by atoms with Crippen molar-refractivity contribution >= 4 is 5.96 Å². The molecule has 2 aliphatic rings. The summed E-state index contributed by atoms with van der Waals surface area (Å²) in [6.45, 7) is 6.56. The van der Waals surface area contributed by atoms with E-state index in [2.05, 4.69) is 24.2 Å². The molecule has 1 heterocycles. The van der Waals surface area contributed by atoms with Crippen molar-refractivity contribution < 1.29 is 9.13 Å². The molecule has 144 valence electrons. The Labute approximate surface area is 156 Å². The number of rotatable bonds is 7. The molecule has 1 aliphatic carbocycles. The van der Waals surface area contributed by atoms with Crippen LogP contribution in [0.5, 0.6) is 0 Å². The summed E-state index contributed by atoms with van der Waals surface area (Å²) in [7, 11) is 2.12. The van der Waals surface area contributed by atoms with Crippen LogP contribution in [0.15, 0.2) is 29.3 Å². The summed E-state index contributed by atoms with van der Waals surface area (Å²) in [5.74, 6) is 1.57. The van der Waals surface area contributed by atoms with Crippen molar-refractivity contribution in [2.24, 2.45) is 10.9 Å². The number of hydrogen-bond acceptors (Lipinski definition) is 2. The maximum Gasteiger partial charge on any atom is 0.193 e. The van der Waals surface area contributed by atoms with Gasteiger partial charge in [0.15, 0.2) is 5.96 Å². The van der Waals surface area contributed by atoms with Crippen LogP contribution in [0.1, 0.15) is 44.6 Å². The normalized spacial score (nSPS) is 20.0. The van der Waals surface area contributed by atoms with E-state index in [-0.39, 0.29) is 11.2 Å². The summed E-state index contributed by atoms with van der Waals surface area (Å²) >= 11 is 0. The van der Waals surface area contributed by atoms with Gasteiger partial charge in [0.1, 0.15) is 5.82 Å². The van der Waals surface area contributed by atoms with Gasteiger partial charge in [0.05, 0.1) is 6.54 Å². The second kappa shape index (κ2) is 8.85. The van der Waals surface area contributed by atoms with Crippen LogP contribution in [0.25, 0.3) is 0 Å². The van der Waals surface area contributed by atoms with Crippen LogP contribution in [0.4, 0.5) is 4.39 Å². The van der Waals surface area contributed by atoms with Gasteiger partial charge in [-0.2, -0.15) is 0 Å². The van der Waals surface area contributed by atoms with Gasteiger partial charge < -0.3 is 15.0 Å². The zero-order chi connectivity index (χ0) is 18.4. The summed E-state index contributed by atoms with van der Waals surface area (Å²) < 4.78 is 18.7. The van der Waals surface area contributed by atoms with E-state index in [1.807, 2.05) is 12.1 Å². The van der Waals surface area contributed by atoms with Crippen molar-refractivity contribution in [2.75, 3.05) is 39.9 Å². The number of aliphatic imine (C=N–C) groups is 1. The van der Waals surface area contributed by atoms with E-state index >= 15 is 0 Å². The largest absolute Gasteiger partial charge is 0.381 e. The number of guanidine groups is 1. The third-order valence-electron chi connectivity index (χ3n) is 5.75. The second-order valence-corrected chi connectivity index (χ2v) is 7.72. The van der Waals surface area contributed by atoms with E-state index < -0.39 is 0 Å². The third-order valence-corrected chi connectivity index (χ3v) is 5.75. The highest BCUT2D eigenvalue weighted by atomic mass is 19.1. The van der Waals surface area contributed by atoms with Crippen LogP contribution in [-0.2, 0) is 10.2 Å². The van der Waals surface area contributed by atoms with E-state index in [0.717, 1.165) is 57.6 Å². The van der Waals surface area contributed by atoms with Gasteiger partial charge in [-0.05, 0) is 62.6 Å². The van der Waals surface area contributed by atoms with Crippen LogP contribution in [0.2, 0.25) is 0 Å². The molecule has 0 bridgehead atoms. The molecule has 0 atom stereocenters. The van der Waals surface area contributed by atoms with E-state index in [1.54, 1.807) is 12.1 Å². The third kappa shape index (κ3) is 4.97. The molecule has 0 radical (unpaired) electrons. The van der Waals surface area contributed by atoms with Crippen molar-refractivity contribution in [3.05, 3.63) is 35.6 Å². The number of benzene rings is 1. The molecule has 0 aromatic heterocycles. The first-order chi connectivity index (χ1) is 12.6. The zero-order valence-electron chi connectivity index (χ0n) is 16.1. The Morgan fingerprint density at radius 1 is 1.27 bits per heavy atom. The molecule has 0 amide bonds. The summed E-state index contributed by atoms with van der Waals surface area (Å²) in [6, 6.07) is 6.95. The molecule has 3 rings (SSSR count). The molecule has 0 unspecified atom stereocenters. The quantitative estimate of drug-likeness (QED) is 0.596. The predicted molar refractivity (Wildman–Crippen MR) is 104 cm³/mol. The topological polar surface area (TPSA) is 36.9 Å². The van der Waals surface area contributed by atoms with Crippen LogP contribution in [-0.4, -0.2) is 50.8 Å². The smallest absolute Gasteiger partial charge is 0.193 e. The lowest BCUT2D eigenvalue weighted by Gasteiger charge is -2.27. The molecule has 0 spiro atoms. The van der Waals surface area contributed by atoms with Gasteiger partial charge in [-0.3, -0.25) is 4.99 Å². The van der Waals surface area contributed by atoms with Crippen LogP contribution < -0.4 is 5.32 Å². The van der Waals surface area contributed by atoms with Crippen molar-refractivity contribution in [2.45, 2.75) is 44.4 Å². The second-order valence-electron chi connectivity index (χ2n) is 7.72. The summed E-state index contributed by atoms with van der Waals surface area (Å²) in [4.78, 5) is 7.17. The Balaban J connectivity index is 1.58. The van der Waals surface area contributed by atoms with Crippen LogP contribution >= 0.6 is 0 Å². The number of nitrogens with zero attached hydrogens (tertiary/aromatic N) is 2. The van der Waals surface area contributed by atoms with Crippen molar-refractivity contribution in [3.8, 4) is 0 Å². The zero-order valence-corrected chi connectivity index (χ0v) is 16.1. The highest BCUT2D eigenvalue weighted by Crippen LogP contribution is 2.48. The fourth-order valence-electron chi connectivity index (χ4n) is 3.71. The molecule has 1 saturated carbocycles. The summed E-state index contributed by atoms with van der Waals surface area (Å²) in [5, 5.41) is 3.42. The SMILES string of the molecule is CCNC(=NCC1(c2ccc(F)cc2)CC1)N(C)CCC1CCOCC1. The van der Waals surface area contributed by atoms with Crippen LogP contribution in [0.3, 0.4) is 0 Å². The number of ether oxygens (including phenoxy) is 1. The minimum Gasteiger partial charge on any atom is -0.381 e. The molecule has 1 aromatic carbocycles. The first-order valence-electron chi connectivity index (χ1n) is 9.96. The minimum absolute atomic E-state index is 0.107. The van der Waals surface area contributed by atoms with Gasteiger partial charge in [0.2, 0.25) is 0 Å². The van der Waals surface area contributed by atoms with Gasteiger partial charge in [0, 0.05) is 38.8 Å². The minimum atomic E-state index is -0.172. The Hall–Kier alpha value is -1.62. The first-order valence-corrected chi connectivity index (χ1v) is 9.96. The summed E-state index contributed by atoms with van der Waals surface area (Å²) in [6.07, 6.45) is 5.80. The van der Waals surface area contributed by atoms with E-state index in [4.69, 9.17) is 9.73 Å². The molecule has 5 heteroatoms. The van der Waals surface area contributed by atoms with Gasteiger partial charge in [0.25, 0.3) is 0 Å². The molecule has 2 fully saturated rings. The molecular weight excluding hydrogens is 329 g/mol. The molecule has 1 aliphatic heterocycles. The molecule has 1 saturated heterocycles. The fraction of sp³-hybridized carbons (Fsp3) is 0.667. The maximum absolute atomic E-state index is 13.2. The standard InChI is InChI=1S/C21H32FN3O/c1-3-23-20(25(2)13-8-17-9-14-26-15-10-17)24-16-21(11-12-21)18-4-6-19(22)7-5-18/h4-7,17H,3,8-16H2,1-2H3,(H,23,24). The Kier molecular flexibility index (Phi) is 6.52. The molecular formula is C21H32FN3O. The van der Waals surface area contributed by atoms with Gasteiger partial charge in [-0.15, -0.1) is 0 Å². The lowest BCUT2D eigenvalue weighted by Crippen LogP contribution is -2.40. The number of halogens is 1. The van der Waals surface area contributed by atoms with Crippen molar-refractivity contribution in [3.63, 3.8) is 0 Å². The lowest BCUT2D eigenvalue weighted by atomic mass is 9.96. The highest BCUT2D eigenvalue weighted by molar-refractivity contribution is 5.79. The summed E-state index contributed by atoms with van der Waals surface area (Å²) in [5.41, 5.74) is 1.32. The number of hydrogen-bond donors (Lipinski definition) is 1. The monoisotopic (exact) mass is 361 g/mol. The van der Waals surface area contributed by atoms with Gasteiger partial charge in [-0.25, -0.2) is 4.39 Å². The van der Waals surface area contributed by atoms with Gasteiger partial charge in [-0.1, -0.05) is 12.1 Å². The predicted octanol–water partition coefficient (Wildman–Crippen LogP) is 3.57. The average molecular weight is 362 g/mol. The first kappa shape index (κ1) is 19.2. The Morgan fingerprint density at radius 2 is 1.96 bits per heavy atom. The maximum atomic E-state index is 13.2. The van der Waals surface area contributed by atoms with Gasteiger partial charge >= 0.3 is 0 Å². The Morgan fingerprint density at radius 3 is 2.58 bits per heavy atom. The molecule has 1 aromatic rings. The van der Waals surface area contributed by atoms with E-state index in [9.17, 15) is 4.39 Å². The van der Waals surface area contributed by atoms with Crippen molar-refractivity contribution in [1.29, 1.82) is 0 Å². The molecule has 1 N–H and O–H groups in total. The van der Waals surface area contributed by atoms with E-state index in [0.29, 0.717) is 0 Å². The lowest BCUT2D eigenvalue weighted by molar-refractivity contribution is 0.0625.